The van der Waals surface area contributed by atoms with Crippen molar-refractivity contribution in [3.05, 3.63) is 33.8 Å². The van der Waals surface area contributed by atoms with Crippen molar-refractivity contribution >= 4 is 37.1 Å². The zero-order valence-corrected chi connectivity index (χ0v) is 22.8. The maximum absolute atomic E-state index is 13.0. The Bertz CT molecular complexity index is 429. The molecule has 0 saturated heterocycles. The lowest BCUT2D eigenvalue weighted by Gasteiger charge is -2.18. The van der Waals surface area contributed by atoms with Crippen molar-refractivity contribution in [3.8, 4) is 0 Å². The predicted molar refractivity (Wildman–Crippen MR) is 122 cm³/mol. The molecule has 4 nitrogen and oxygen atoms in total. The van der Waals surface area contributed by atoms with Crippen LogP contribution < -0.4 is 0 Å². The minimum Gasteiger partial charge on any atom is -0.334 e. The lowest BCUT2D eigenvalue weighted by atomic mass is 10.2. The van der Waals surface area contributed by atoms with Crippen molar-refractivity contribution in [3.63, 3.8) is 0 Å². The second kappa shape index (κ2) is 16.0. The van der Waals surface area contributed by atoms with Gasteiger partial charge in [0, 0.05) is 0 Å². The van der Waals surface area contributed by atoms with Gasteiger partial charge >= 0.3 is 7.82 Å². The lowest BCUT2D eigenvalue weighted by Crippen LogP contribution is -2.07. The summed E-state index contributed by atoms with van der Waals surface area (Å²) in [6, 6.07) is 0. The normalized spacial score (nSPS) is 14.4. The molecule has 0 heterocycles. The van der Waals surface area contributed by atoms with E-state index >= 15 is 0 Å². The number of rotatable bonds is 15. The second-order valence-electron chi connectivity index (χ2n) is 6.04. The first kappa shape index (κ1) is 26.0. The fraction of sp³-hybridized carbons (Fsp3) is 0.667. The Labute approximate surface area is 168 Å². The molecule has 0 spiro atoms. The summed E-state index contributed by atoms with van der Waals surface area (Å²) in [7, 11) is -6.55. The van der Waals surface area contributed by atoms with Gasteiger partial charge in [-0.25, -0.2) is 4.57 Å². The van der Waals surface area contributed by atoms with Crippen LogP contribution in [-0.4, -0.2) is 29.3 Å². The van der Waals surface area contributed by atoms with Gasteiger partial charge in [0.1, 0.15) is 0 Å². The summed E-state index contributed by atoms with van der Waals surface area (Å²) < 4.78 is 30.3. The van der Waals surface area contributed by atoms with Crippen LogP contribution in [-0.2, 0) is 17.2 Å². The largest absolute Gasteiger partial charge is 0.444 e. The summed E-state index contributed by atoms with van der Waals surface area (Å²) in [5.41, 5.74) is 10.5. The molecule has 0 aromatic carbocycles. The average molecular weight is 435 g/mol. The van der Waals surface area contributed by atoms with Crippen LogP contribution in [0.3, 0.4) is 0 Å². The fourth-order valence-electron chi connectivity index (χ4n) is 2.47. The third-order valence-electron chi connectivity index (χ3n) is 4.54. The van der Waals surface area contributed by atoms with Gasteiger partial charge in [0.25, 0.3) is 0 Å². The maximum atomic E-state index is 13.0. The van der Waals surface area contributed by atoms with Crippen molar-refractivity contribution in [2.24, 2.45) is 0 Å². The van der Waals surface area contributed by atoms with Gasteiger partial charge in [0.2, 0.25) is 0 Å². The van der Waals surface area contributed by atoms with Gasteiger partial charge in [-0.1, -0.05) is 75.4 Å². The molecule has 0 radical (unpaired) electrons. The molecule has 0 atom stereocenters. The number of phosphoric acid groups is 1. The standard InChI is InChI=1S/C18H39O4PSi3/c1-7-16(8-2)13-24-20-23(19,21-25-14-17(9-3)10-4)22-26-15-18(11-5)12-6/h13-15H,7-12,24-26H2,1-6H3. The van der Waals surface area contributed by atoms with E-state index in [9.17, 15) is 4.57 Å². The van der Waals surface area contributed by atoms with E-state index in [4.69, 9.17) is 12.6 Å². The molecule has 152 valence electrons. The maximum Gasteiger partial charge on any atom is 0.444 e. The first-order chi connectivity index (χ1) is 12.5. The molecule has 0 aliphatic carbocycles. The molecule has 0 fully saturated rings. The SMILES string of the molecule is CCC(=C[SiH2]OP(=O)(O[SiH2]C=C(CC)CC)O[SiH2]C=C(CC)CC)CC. The van der Waals surface area contributed by atoms with Crippen LogP contribution in [0.2, 0.25) is 0 Å². The average Bonchev–Trinajstić information content (AvgIpc) is 2.66. The van der Waals surface area contributed by atoms with Gasteiger partial charge in [-0.2, -0.15) is 0 Å². The molecule has 0 bridgehead atoms. The highest BCUT2D eigenvalue weighted by molar-refractivity contribution is 7.52. The van der Waals surface area contributed by atoms with Crippen molar-refractivity contribution in [2.45, 2.75) is 80.1 Å². The highest BCUT2D eigenvalue weighted by Gasteiger charge is 2.24. The minimum atomic E-state index is -3.40. The molecule has 26 heavy (non-hydrogen) atoms. The van der Waals surface area contributed by atoms with E-state index in [0.29, 0.717) is 0 Å². The van der Waals surface area contributed by atoms with E-state index in [1.165, 1.54) is 16.7 Å². The summed E-state index contributed by atoms with van der Waals surface area (Å²) in [4.78, 5) is 0. The van der Waals surface area contributed by atoms with Gasteiger partial charge in [-0.15, -0.1) is 0 Å². The summed E-state index contributed by atoms with van der Waals surface area (Å²) in [6.07, 6.45) is 6.09. The summed E-state index contributed by atoms with van der Waals surface area (Å²) in [5.74, 6) is 0. The van der Waals surface area contributed by atoms with E-state index < -0.39 is 37.1 Å². The Morgan fingerprint density at radius 3 is 1.04 bits per heavy atom. The molecular formula is C18H39O4PSi3. The molecule has 0 aliphatic heterocycles. The Kier molecular flexibility index (Phi) is 16.0. The van der Waals surface area contributed by atoms with Crippen molar-refractivity contribution < 1.29 is 17.2 Å². The van der Waals surface area contributed by atoms with Crippen LogP contribution in [0.15, 0.2) is 33.8 Å². The van der Waals surface area contributed by atoms with Gasteiger partial charge < -0.3 is 12.6 Å². The minimum absolute atomic E-state index is 1.01. The van der Waals surface area contributed by atoms with Crippen LogP contribution in [0.5, 0.6) is 0 Å². The van der Waals surface area contributed by atoms with Crippen LogP contribution in [0, 0.1) is 0 Å². The highest BCUT2D eigenvalue weighted by Crippen LogP contribution is 2.48. The molecule has 0 aromatic heterocycles. The Hall–Kier alpha value is -0.0194. The van der Waals surface area contributed by atoms with Crippen LogP contribution in [0.4, 0.5) is 0 Å². The summed E-state index contributed by atoms with van der Waals surface area (Å²) >= 11 is 0. The van der Waals surface area contributed by atoms with E-state index in [2.05, 4.69) is 58.6 Å². The Morgan fingerprint density at radius 2 is 0.846 bits per heavy atom. The van der Waals surface area contributed by atoms with Gasteiger partial charge in [0.15, 0.2) is 29.3 Å². The quantitative estimate of drug-likeness (QED) is 0.281. The molecule has 0 N–H and O–H groups in total. The highest BCUT2D eigenvalue weighted by atomic mass is 31.2. The smallest absolute Gasteiger partial charge is 0.334 e. The third kappa shape index (κ3) is 11.6. The first-order valence-electron chi connectivity index (χ1n) is 10.1. The summed E-state index contributed by atoms with van der Waals surface area (Å²) in [6.45, 7) is 12.8. The molecule has 8 heteroatoms. The van der Waals surface area contributed by atoms with Crippen LogP contribution in [0.25, 0.3) is 0 Å². The lowest BCUT2D eigenvalue weighted by molar-refractivity contribution is 0.320. The fourth-order valence-corrected chi connectivity index (χ4v) is 10.9. The third-order valence-corrected chi connectivity index (χ3v) is 12.4. The topological polar surface area (TPSA) is 44.8 Å². The van der Waals surface area contributed by atoms with Crippen molar-refractivity contribution in [1.82, 2.24) is 0 Å². The zero-order valence-electron chi connectivity index (χ0n) is 17.7. The van der Waals surface area contributed by atoms with E-state index in [1.807, 2.05) is 0 Å². The molecule has 0 saturated carbocycles. The summed E-state index contributed by atoms with van der Waals surface area (Å²) in [5, 5.41) is 0. The second-order valence-corrected chi connectivity index (χ2v) is 12.3. The number of hydrogen-bond donors (Lipinski definition) is 0. The van der Waals surface area contributed by atoms with Crippen LogP contribution >= 0.6 is 7.82 Å². The predicted octanol–water partition coefficient (Wildman–Crippen LogP) is 4.51. The Balaban J connectivity index is 4.94. The van der Waals surface area contributed by atoms with Crippen molar-refractivity contribution in [2.75, 3.05) is 0 Å². The molecular weight excluding hydrogens is 395 g/mol. The van der Waals surface area contributed by atoms with E-state index in [1.54, 1.807) is 0 Å². The zero-order chi connectivity index (χ0) is 19.8. The van der Waals surface area contributed by atoms with Gasteiger partial charge in [-0.05, 0) is 38.5 Å². The monoisotopic (exact) mass is 434 g/mol. The number of hydrogen-bond acceptors (Lipinski definition) is 4. The van der Waals surface area contributed by atoms with E-state index in [0.717, 1.165) is 38.5 Å². The Morgan fingerprint density at radius 1 is 0.615 bits per heavy atom. The van der Waals surface area contributed by atoms with Gasteiger partial charge in [0.05, 0.1) is 0 Å². The number of allylic oxidation sites excluding steroid dienone is 3. The van der Waals surface area contributed by atoms with Gasteiger partial charge in [-0.3, -0.25) is 0 Å². The molecule has 0 unspecified atom stereocenters. The first-order valence-corrected chi connectivity index (χ1v) is 15.7. The van der Waals surface area contributed by atoms with E-state index in [-0.39, 0.29) is 0 Å². The molecule has 0 rings (SSSR count). The molecule has 0 aromatic rings. The van der Waals surface area contributed by atoms with Crippen molar-refractivity contribution in [1.29, 1.82) is 0 Å². The molecule has 0 amide bonds. The molecule has 0 aliphatic rings. The van der Waals surface area contributed by atoms with Crippen LogP contribution in [0.1, 0.15) is 80.1 Å².